The number of ether oxygens (including phenoxy) is 2. The molecule has 5 heteroatoms. The smallest absolute Gasteiger partial charge is 0.251 e. The molecule has 5 nitrogen and oxygen atoms in total. The maximum Gasteiger partial charge on any atom is 0.251 e. The summed E-state index contributed by atoms with van der Waals surface area (Å²) < 4.78 is 10.4. The summed E-state index contributed by atoms with van der Waals surface area (Å²) in [5.74, 6) is 0.802. The molecule has 1 saturated heterocycles. The van der Waals surface area contributed by atoms with Gasteiger partial charge in [-0.05, 0) is 61.3 Å². The zero-order valence-corrected chi connectivity index (χ0v) is 16.1. The molecule has 1 amide bonds. The first-order chi connectivity index (χ1) is 13.2. The van der Waals surface area contributed by atoms with Gasteiger partial charge < -0.3 is 14.8 Å². The second kappa shape index (κ2) is 9.53. The lowest BCUT2D eigenvalue weighted by atomic mass is 10.0. The minimum atomic E-state index is -0.0447. The Balaban J connectivity index is 1.67. The van der Waals surface area contributed by atoms with Crippen LogP contribution in [0.5, 0.6) is 5.75 Å². The van der Waals surface area contributed by atoms with Crippen LogP contribution >= 0.6 is 0 Å². The fraction of sp³-hybridized carbons (Fsp3) is 0.409. The molecule has 1 N–H and O–H groups in total. The third-order valence-electron chi connectivity index (χ3n) is 5.07. The molecule has 0 bridgehead atoms. The van der Waals surface area contributed by atoms with Crippen molar-refractivity contribution in [2.45, 2.75) is 25.5 Å². The topological polar surface area (TPSA) is 50.8 Å². The van der Waals surface area contributed by atoms with E-state index in [0.717, 1.165) is 24.4 Å². The van der Waals surface area contributed by atoms with E-state index >= 15 is 0 Å². The molecule has 2 aromatic carbocycles. The van der Waals surface area contributed by atoms with Gasteiger partial charge in [0.1, 0.15) is 5.75 Å². The Morgan fingerprint density at radius 2 is 1.70 bits per heavy atom. The second-order valence-corrected chi connectivity index (χ2v) is 6.87. The first-order valence-corrected chi connectivity index (χ1v) is 9.45. The molecule has 1 atom stereocenters. The number of carbonyl (C=O) groups is 1. The molecule has 1 unspecified atom stereocenters. The summed E-state index contributed by atoms with van der Waals surface area (Å²) in [7, 11) is 3.34. The lowest BCUT2D eigenvalue weighted by Gasteiger charge is -2.28. The fourth-order valence-electron chi connectivity index (χ4n) is 3.55. The highest BCUT2D eigenvalue weighted by atomic mass is 16.5. The summed E-state index contributed by atoms with van der Waals surface area (Å²) in [6.45, 7) is 3.28. The van der Waals surface area contributed by atoms with Gasteiger partial charge in [0.2, 0.25) is 0 Å². The maximum absolute atomic E-state index is 12.6. The molecule has 0 radical (unpaired) electrons. The summed E-state index contributed by atoms with van der Waals surface area (Å²) in [6.07, 6.45) is 2.42. The van der Waals surface area contributed by atoms with Crippen LogP contribution in [0.2, 0.25) is 0 Å². The minimum Gasteiger partial charge on any atom is -0.497 e. The first kappa shape index (κ1) is 19.4. The first-order valence-electron chi connectivity index (χ1n) is 9.45. The fourth-order valence-corrected chi connectivity index (χ4v) is 3.55. The molecule has 0 spiro atoms. The van der Waals surface area contributed by atoms with E-state index in [9.17, 15) is 4.79 Å². The molecule has 0 saturated carbocycles. The van der Waals surface area contributed by atoms with Gasteiger partial charge in [-0.2, -0.15) is 0 Å². The van der Waals surface area contributed by atoms with Gasteiger partial charge in [-0.25, -0.2) is 0 Å². The summed E-state index contributed by atoms with van der Waals surface area (Å²) in [6, 6.07) is 15.9. The van der Waals surface area contributed by atoms with Crippen molar-refractivity contribution in [1.82, 2.24) is 10.2 Å². The Hall–Kier alpha value is -2.37. The summed E-state index contributed by atoms with van der Waals surface area (Å²) in [5, 5.41) is 3.11. The molecule has 2 aromatic rings. The van der Waals surface area contributed by atoms with Crippen molar-refractivity contribution < 1.29 is 14.3 Å². The van der Waals surface area contributed by atoms with E-state index < -0.39 is 0 Å². The number of nitrogens with one attached hydrogen (secondary N) is 1. The molecular formula is C22H28N2O3. The van der Waals surface area contributed by atoms with Crippen LogP contribution in [0.1, 0.15) is 40.4 Å². The Morgan fingerprint density at radius 3 is 2.30 bits per heavy atom. The van der Waals surface area contributed by atoms with E-state index in [-0.39, 0.29) is 11.9 Å². The highest BCUT2D eigenvalue weighted by Gasteiger charge is 2.24. The number of likely N-dealkylation sites (tertiary alicyclic amines) is 1. The number of hydrogen-bond donors (Lipinski definition) is 1. The Labute approximate surface area is 161 Å². The van der Waals surface area contributed by atoms with E-state index in [1.807, 2.05) is 36.4 Å². The Bertz CT molecular complexity index is 722. The average molecular weight is 368 g/mol. The van der Waals surface area contributed by atoms with Crippen molar-refractivity contribution >= 4 is 5.91 Å². The van der Waals surface area contributed by atoms with Crippen molar-refractivity contribution in [3.8, 4) is 5.75 Å². The number of carbonyl (C=O) groups excluding carboxylic acids is 1. The average Bonchev–Trinajstić information content (AvgIpc) is 3.24. The van der Waals surface area contributed by atoms with Crippen molar-refractivity contribution in [1.29, 1.82) is 0 Å². The summed E-state index contributed by atoms with van der Waals surface area (Å²) >= 11 is 0. The third kappa shape index (κ3) is 5.08. The lowest BCUT2D eigenvalue weighted by Crippen LogP contribution is -2.36. The van der Waals surface area contributed by atoms with Gasteiger partial charge in [-0.3, -0.25) is 9.69 Å². The quantitative estimate of drug-likeness (QED) is 0.776. The molecular weight excluding hydrogens is 340 g/mol. The summed E-state index contributed by atoms with van der Waals surface area (Å²) in [5.41, 5.74) is 2.93. The van der Waals surface area contributed by atoms with Crippen LogP contribution in [0.15, 0.2) is 48.5 Å². The largest absolute Gasteiger partial charge is 0.497 e. The van der Waals surface area contributed by atoms with E-state index in [1.54, 1.807) is 14.2 Å². The van der Waals surface area contributed by atoms with Gasteiger partial charge in [-0.1, -0.05) is 24.3 Å². The van der Waals surface area contributed by atoms with E-state index in [0.29, 0.717) is 18.7 Å². The molecule has 1 aliphatic rings. The van der Waals surface area contributed by atoms with Crippen LogP contribution < -0.4 is 10.1 Å². The molecule has 0 aliphatic carbocycles. The van der Waals surface area contributed by atoms with E-state index in [1.165, 1.54) is 18.4 Å². The zero-order chi connectivity index (χ0) is 19.1. The number of benzene rings is 2. The van der Waals surface area contributed by atoms with Crippen LogP contribution in [0, 0.1) is 0 Å². The maximum atomic E-state index is 12.6. The molecule has 3 rings (SSSR count). The second-order valence-electron chi connectivity index (χ2n) is 6.87. The van der Waals surface area contributed by atoms with Crippen LogP contribution in [-0.4, -0.2) is 44.7 Å². The normalized spacial score (nSPS) is 15.5. The van der Waals surface area contributed by atoms with Crippen LogP contribution in [0.3, 0.4) is 0 Å². The van der Waals surface area contributed by atoms with Crippen molar-refractivity contribution in [2.24, 2.45) is 0 Å². The predicted molar refractivity (Wildman–Crippen MR) is 106 cm³/mol. The SMILES string of the molecule is COCc1ccc(C(=O)NCC(c2ccc(OC)cc2)N2CCCC2)cc1. The monoisotopic (exact) mass is 368 g/mol. The molecule has 1 heterocycles. The zero-order valence-electron chi connectivity index (χ0n) is 16.1. The van der Waals surface area contributed by atoms with Gasteiger partial charge in [0.05, 0.1) is 19.8 Å². The number of methoxy groups -OCH3 is 2. The van der Waals surface area contributed by atoms with Gasteiger partial charge in [0.15, 0.2) is 0 Å². The standard InChI is InChI=1S/C22H28N2O3/c1-26-16-17-5-7-19(8-6-17)22(25)23-15-21(24-13-3-4-14-24)18-9-11-20(27-2)12-10-18/h5-12,21H,3-4,13-16H2,1-2H3,(H,23,25). The van der Waals surface area contributed by atoms with Crippen LogP contribution in [0.25, 0.3) is 0 Å². The highest BCUT2D eigenvalue weighted by Crippen LogP contribution is 2.26. The molecule has 27 heavy (non-hydrogen) atoms. The Morgan fingerprint density at radius 1 is 1.04 bits per heavy atom. The van der Waals surface area contributed by atoms with Crippen LogP contribution in [0.4, 0.5) is 0 Å². The summed E-state index contributed by atoms with van der Waals surface area (Å²) in [4.78, 5) is 15.0. The third-order valence-corrected chi connectivity index (χ3v) is 5.07. The number of amides is 1. The molecule has 1 fully saturated rings. The molecule has 0 aromatic heterocycles. The minimum absolute atomic E-state index is 0.0447. The van der Waals surface area contributed by atoms with E-state index in [2.05, 4.69) is 22.3 Å². The predicted octanol–water partition coefficient (Wildman–Crippen LogP) is 3.41. The van der Waals surface area contributed by atoms with Gasteiger partial charge in [0, 0.05) is 19.2 Å². The van der Waals surface area contributed by atoms with Gasteiger partial charge in [0.25, 0.3) is 5.91 Å². The molecule has 144 valence electrons. The number of hydrogen-bond acceptors (Lipinski definition) is 4. The Kier molecular flexibility index (Phi) is 6.85. The molecule has 1 aliphatic heterocycles. The van der Waals surface area contributed by atoms with Gasteiger partial charge >= 0.3 is 0 Å². The number of nitrogens with zero attached hydrogens (tertiary/aromatic N) is 1. The number of rotatable bonds is 8. The highest BCUT2D eigenvalue weighted by molar-refractivity contribution is 5.94. The van der Waals surface area contributed by atoms with Crippen molar-refractivity contribution in [2.75, 3.05) is 33.9 Å². The van der Waals surface area contributed by atoms with Crippen LogP contribution in [-0.2, 0) is 11.3 Å². The van der Waals surface area contributed by atoms with Gasteiger partial charge in [-0.15, -0.1) is 0 Å². The van der Waals surface area contributed by atoms with E-state index in [4.69, 9.17) is 9.47 Å². The van der Waals surface area contributed by atoms with Crippen molar-refractivity contribution in [3.05, 3.63) is 65.2 Å². The lowest BCUT2D eigenvalue weighted by molar-refractivity contribution is 0.0938. The van der Waals surface area contributed by atoms with Crippen molar-refractivity contribution in [3.63, 3.8) is 0 Å².